The predicted molar refractivity (Wildman–Crippen MR) is 88.7 cm³/mol. The van der Waals surface area contributed by atoms with Crippen LogP contribution in [0.3, 0.4) is 0 Å². The van der Waals surface area contributed by atoms with Gasteiger partial charge in [0.25, 0.3) is 0 Å². The Labute approximate surface area is 134 Å². The zero-order valence-electron chi connectivity index (χ0n) is 12.4. The first-order valence-electron chi connectivity index (χ1n) is 7.19. The Morgan fingerprint density at radius 1 is 1.45 bits per heavy atom. The standard InChI is InChI=1S/C14H23IN4O/c1-4-5-19-6-7-20-10(8-19)14-17-12(9(2)3)11(15)13(16)18-14/h9-10H,4-8H2,1-3H3,(H2,16,17,18). The van der Waals surface area contributed by atoms with Gasteiger partial charge in [0, 0.05) is 13.1 Å². The molecule has 0 bridgehead atoms. The van der Waals surface area contributed by atoms with Crippen LogP contribution < -0.4 is 5.73 Å². The predicted octanol–water partition coefficient (Wildman–Crippen LogP) is 2.57. The summed E-state index contributed by atoms with van der Waals surface area (Å²) >= 11 is 2.22. The fourth-order valence-electron chi connectivity index (χ4n) is 2.41. The number of nitrogens with zero attached hydrogens (tertiary/aromatic N) is 3. The van der Waals surface area contributed by atoms with E-state index in [1.165, 1.54) is 0 Å². The Hall–Kier alpha value is -0.470. The van der Waals surface area contributed by atoms with Crippen molar-refractivity contribution in [1.29, 1.82) is 0 Å². The van der Waals surface area contributed by atoms with Crippen molar-refractivity contribution in [2.24, 2.45) is 0 Å². The molecule has 0 aromatic carbocycles. The number of ether oxygens (including phenoxy) is 1. The van der Waals surface area contributed by atoms with Crippen LogP contribution in [0.5, 0.6) is 0 Å². The van der Waals surface area contributed by atoms with Crippen LogP contribution in [0.1, 0.15) is 50.7 Å². The third kappa shape index (κ3) is 3.59. The third-order valence-corrected chi connectivity index (χ3v) is 4.55. The number of morpholine rings is 1. The molecule has 6 heteroatoms. The summed E-state index contributed by atoms with van der Waals surface area (Å²) in [5.74, 6) is 1.63. The molecule has 1 aliphatic heterocycles. The van der Waals surface area contributed by atoms with Crippen LogP contribution in [-0.2, 0) is 4.74 Å². The summed E-state index contributed by atoms with van der Waals surface area (Å²) in [6.07, 6.45) is 1.09. The Kier molecular flexibility index (Phi) is 5.57. The quantitative estimate of drug-likeness (QED) is 0.801. The average Bonchev–Trinajstić information content (AvgIpc) is 2.42. The summed E-state index contributed by atoms with van der Waals surface area (Å²) in [6, 6.07) is 0. The molecule has 20 heavy (non-hydrogen) atoms. The average molecular weight is 390 g/mol. The molecule has 1 atom stereocenters. The lowest BCUT2D eigenvalue weighted by molar-refractivity contribution is -0.0342. The van der Waals surface area contributed by atoms with Crippen LogP contribution in [0.2, 0.25) is 0 Å². The fraction of sp³-hybridized carbons (Fsp3) is 0.714. The Morgan fingerprint density at radius 3 is 2.85 bits per heavy atom. The Balaban J connectivity index is 2.23. The van der Waals surface area contributed by atoms with Gasteiger partial charge in [-0.05, 0) is 41.5 Å². The van der Waals surface area contributed by atoms with Crippen LogP contribution in [0, 0.1) is 3.57 Å². The molecular formula is C14H23IN4O. The minimum Gasteiger partial charge on any atom is -0.383 e. The van der Waals surface area contributed by atoms with Gasteiger partial charge in [-0.1, -0.05) is 20.8 Å². The molecule has 0 saturated carbocycles. The van der Waals surface area contributed by atoms with Gasteiger partial charge >= 0.3 is 0 Å². The molecule has 2 rings (SSSR count). The summed E-state index contributed by atoms with van der Waals surface area (Å²) in [7, 11) is 0. The molecule has 1 fully saturated rings. The van der Waals surface area contributed by atoms with Crippen molar-refractivity contribution >= 4 is 28.4 Å². The van der Waals surface area contributed by atoms with E-state index in [1.54, 1.807) is 0 Å². The number of rotatable bonds is 4. The van der Waals surface area contributed by atoms with Crippen molar-refractivity contribution in [3.05, 3.63) is 15.1 Å². The minimum atomic E-state index is -0.0629. The zero-order valence-corrected chi connectivity index (χ0v) is 14.6. The number of nitrogen functional groups attached to an aromatic ring is 1. The van der Waals surface area contributed by atoms with E-state index in [0.29, 0.717) is 11.7 Å². The summed E-state index contributed by atoms with van der Waals surface area (Å²) in [4.78, 5) is 11.5. The molecule has 1 saturated heterocycles. The number of hydrogen-bond donors (Lipinski definition) is 1. The third-order valence-electron chi connectivity index (χ3n) is 3.45. The van der Waals surface area contributed by atoms with E-state index in [1.807, 2.05) is 0 Å². The fourth-order valence-corrected chi connectivity index (χ4v) is 3.27. The van der Waals surface area contributed by atoms with Crippen molar-refractivity contribution in [3.63, 3.8) is 0 Å². The summed E-state index contributed by atoms with van der Waals surface area (Å²) in [5, 5.41) is 0. The lowest BCUT2D eigenvalue weighted by Gasteiger charge is -2.32. The van der Waals surface area contributed by atoms with Gasteiger partial charge in [-0.3, -0.25) is 4.90 Å². The highest BCUT2D eigenvalue weighted by Gasteiger charge is 2.25. The molecule has 1 unspecified atom stereocenters. The van der Waals surface area contributed by atoms with E-state index in [2.05, 4.69) is 53.2 Å². The maximum absolute atomic E-state index is 6.03. The SMILES string of the molecule is CCCN1CCOC(c2nc(N)c(I)c(C(C)C)n2)C1. The van der Waals surface area contributed by atoms with E-state index < -0.39 is 0 Å². The molecule has 0 amide bonds. The number of halogens is 1. The lowest BCUT2D eigenvalue weighted by Crippen LogP contribution is -2.39. The van der Waals surface area contributed by atoms with Gasteiger partial charge in [-0.25, -0.2) is 9.97 Å². The van der Waals surface area contributed by atoms with Crippen molar-refractivity contribution in [2.75, 3.05) is 32.0 Å². The van der Waals surface area contributed by atoms with Gasteiger partial charge in [-0.2, -0.15) is 0 Å². The van der Waals surface area contributed by atoms with Crippen LogP contribution in [0.25, 0.3) is 0 Å². The molecule has 5 nitrogen and oxygen atoms in total. The smallest absolute Gasteiger partial charge is 0.161 e. The molecule has 0 aliphatic carbocycles. The van der Waals surface area contributed by atoms with E-state index >= 15 is 0 Å². The summed E-state index contributed by atoms with van der Waals surface area (Å²) in [6.45, 7) is 10.1. The maximum Gasteiger partial charge on any atom is 0.161 e. The number of anilines is 1. The molecule has 2 heterocycles. The van der Waals surface area contributed by atoms with Crippen molar-refractivity contribution in [3.8, 4) is 0 Å². The highest BCUT2D eigenvalue weighted by molar-refractivity contribution is 14.1. The van der Waals surface area contributed by atoms with Crippen molar-refractivity contribution in [1.82, 2.24) is 14.9 Å². The van der Waals surface area contributed by atoms with Gasteiger partial charge in [0.2, 0.25) is 0 Å². The van der Waals surface area contributed by atoms with E-state index in [9.17, 15) is 0 Å². The van der Waals surface area contributed by atoms with Gasteiger partial charge in [0.15, 0.2) is 5.82 Å². The number of hydrogen-bond acceptors (Lipinski definition) is 5. The topological polar surface area (TPSA) is 64.3 Å². The largest absolute Gasteiger partial charge is 0.383 e. The molecule has 1 aromatic heterocycles. The van der Waals surface area contributed by atoms with Crippen molar-refractivity contribution in [2.45, 2.75) is 39.2 Å². The van der Waals surface area contributed by atoms with E-state index in [0.717, 1.165) is 47.8 Å². The summed E-state index contributed by atoms with van der Waals surface area (Å²) < 4.78 is 6.81. The molecule has 112 valence electrons. The minimum absolute atomic E-state index is 0.0629. The second-order valence-electron chi connectivity index (χ2n) is 5.48. The maximum atomic E-state index is 6.03. The lowest BCUT2D eigenvalue weighted by atomic mass is 10.1. The van der Waals surface area contributed by atoms with Gasteiger partial charge in [0.05, 0.1) is 15.9 Å². The first kappa shape index (κ1) is 15.9. The van der Waals surface area contributed by atoms with Crippen LogP contribution in [0.15, 0.2) is 0 Å². The highest BCUT2D eigenvalue weighted by atomic mass is 127. The van der Waals surface area contributed by atoms with Gasteiger partial charge < -0.3 is 10.5 Å². The first-order chi connectivity index (χ1) is 9.52. The zero-order chi connectivity index (χ0) is 14.7. The van der Waals surface area contributed by atoms with Gasteiger partial charge in [-0.15, -0.1) is 0 Å². The number of nitrogens with two attached hydrogens (primary N) is 1. The highest BCUT2D eigenvalue weighted by Crippen LogP contribution is 2.27. The first-order valence-corrected chi connectivity index (χ1v) is 8.27. The van der Waals surface area contributed by atoms with Crippen LogP contribution >= 0.6 is 22.6 Å². The molecule has 1 aromatic rings. The normalized spacial score (nSPS) is 20.6. The molecule has 2 N–H and O–H groups in total. The second kappa shape index (κ2) is 7.00. The summed E-state index contributed by atoms with van der Waals surface area (Å²) in [5.41, 5.74) is 7.05. The molecule has 0 spiro atoms. The number of aromatic nitrogens is 2. The molecule has 0 radical (unpaired) electrons. The Morgan fingerprint density at radius 2 is 2.20 bits per heavy atom. The van der Waals surface area contributed by atoms with Crippen molar-refractivity contribution < 1.29 is 4.74 Å². The Bertz CT molecular complexity index is 465. The molecule has 1 aliphatic rings. The van der Waals surface area contributed by atoms with Gasteiger partial charge in [0.1, 0.15) is 11.9 Å². The van der Waals surface area contributed by atoms with Crippen LogP contribution in [-0.4, -0.2) is 41.1 Å². The monoisotopic (exact) mass is 390 g/mol. The second-order valence-corrected chi connectivity index (χ2v) is 6.56. The molecular weight excluding hydrogens is 367 g/mol. The van der Waals surface area contributed by atoms with Crippen LogP contribution in [0.4, 0.5) is 5.82 Å². The van der Waals surface area contributed by atoms with E-state index in [-0.39, 0.29) is 6.10 Å². The van der Waals surface area contributed by atoms with E-state index in [4.69, 9.17) is 15.5 Å².